The number of hydrogen-bond acceptors (Lipinski definition) is 3. The van der Waals surface area contributed by atoms with Crippen LogP contribution < -0.4 is 0 Å². The quantitative estimate of drug-likeness (QED) is 0.779. The molecule has 0 spiro atoms. The summed E-state index contributed by atoms with van der Waals surface area (Å²) in [6, 6.07) is 10.4. The molecule has 0 aliphatic carbocycles. The van der Waals surface area contributed by atoms with Crippen LogP contribution in [0.3, 0.4) is 0 Å². The van der Waals surface area contributed by atoms with E-state index in [0.717, 1.165) is 19.5 Å². The molecule has 2 rings (SSSR count). The van der Waals surface area contributed by atoms with Gasteiger partial charge in [-0.2, -0.15) is 0 Å². The Morgan fingerprint density at radius 3 is 2.56 bits per heavy atom. The third kappa shape index (κ3) is 2.82. The number of aliphatic hydroxyl groups is 2. The molecule has 0 amide bonds. The first-order valence-electron chi connectivity index (χ1n) is 5.85. The molecule has 0 bridgehead atoms. The number of aliphatic hydroxyl groups excluding tert-OH is 2. The highest BCUT2D eigenvalue weighted by Gasteiger charge is 2.29. The maximum atomic E-state index is 9.65. The van der Waals surface area contributed by atoms with Gasteiger partial charge in [-0.3, -0.25) is 4.90 Å². The molecule has 3 heteroatoms. The Hall–Kier alpha value is -0.900. The van der Waals surface area contributed by atoms with E-state index in [-0.39, 0.29) is 18.6 Å². The molecular formula is C13H19NO2. The Balaban J connectivity index is 1.80. The average molecular weight is 221 g/mol. The Morgan fingerprint density at radius 1 is 1.19 bits per heavy atom. The van der Waals surface area contributed by atoms with Crippen LogP contribution in [0, 0.1) is 5.92 Å². The third-order valence-corrected chi connectivity index (χ3v) is 3.28. The van der Waals surface area contributed by atoms with Crippen molar-refractivity contribution in [3.05, 3.63) is 35.9 Å². The number of benzene rings is 1. The predicted molar refractivity (Wildman–Crippen MR) is 63.2 cm³/mol. The molecule has 1 saturated heterocycles. The summed E-state index contributed by atoms with van der Waals surface area (Å²) in [5, 5.41) is 18.7. The van der Waals surface area contributed by atoms with E-state index in [0.29, 0.717) is 6.54 Å². The van der Waals surface area contributed by atoms with Crippen molar-refractivity contribution in [3.8, 4) is 0 Å². The van der Waals surface area contributed by atoms with Crippen LogP contribution in [0.5, 0.6) is 0 Å². The summed E-state index contributed by atoms with van der Waals surface area (Å²) in [5.41, 5.74) is 1.32. The average Bonchev–Trinajstić information content (AvgIpc) is 2.69. The predicted octanol–water partition coefficient (Wildman–Crippen LogP) is 0.514. The van der Waals surface area contributed by atoms with Gasteiger partial charge in [-0.15, -0.1) is 0 Å². The molecule has 0 unspecified atom stereocenters. The minimum Gasteiger partial charge on any atom is -0.396 e. The fraction of sp³-hybridized carbons (Fsp3) is 0.538. The van der Waals surface area contributed by atoms with Crippen molar-refractivity contribution in [1.82, 2.24) is 4.90 Å². The lowest BCUT2D eigenvalue weighted by Gasteiger charge is -2.14. The summed E-state index contributed by atoms with van der Waals surface area (Å²) in [4.78, 5) is 2.22. The standard InChI is InChI=1S/C13H19NO2/c15-10-12-8-14(9-13(12)16)7-6-11-4-2-1-3-5-11/h1-5,12-13,15-16H,6-10H2/t12-,13-/m0/s1. The second-order valence-electron chi connectivity index (χ2n) is 4.51. The Kier molecular flexibility index (Phi) is 3.93. The van der Waals surface area contributed by atoms with Gasteiger partial charge < -0.3 is 10.2 Å². The van der Waals surface area contributed by atoms with Gasteiger partial charge in [-0.1, -0.05) is 30.3 Å². The normalized spacial score (nSPS) is 26.1. The monoisotopic (exact) mass is 221 g/mol. The van der Waals surface area contributed by atoms with Gasteiger partial charge in [0.15, 0.2) is 0 Å². The molecule has 1 aliphatic heterocycles. The zero-order valence-electron chi connectivity index (χ0n) is 9.42. The highest BCUT2D eigenvalue weighted by atomic mass is 16.3. The number of likely N-dealkylation sites (tertiary alicyclic amines) is 1. The van der Waals surface area contributed by atoms with Gasteiger partial charge in [0.1, 0.15) is 0 Å². The molecule has 0 aromatic heterocycles. The van der Waals surface area contributed by atoms with E-state index in [2.05, 4.69) is 17.0 Å². The van der Waals surface area contributed by atoms with Crippen molar-refractivity contribution in [2.75, 3.05) is 26.2 Å². The molecule has 1 fully saturated rings. The first-order chi connectivity index (χ1) is 7.79. The van der Waals surface area contributed by atoms with E-state index in [9.17, 15) is 5.11 Å². The fourth-order valence-corrected chi connectivity index (χ4v) is 2.24. The molecule has 1 aromatic carbocycles. The molecule has 1 heterocycles. The van der Waals surface area contributed by atoms with Gasteiger partial charge in [-0.05, 0) is 12.0 Å². The van der Waals surface area contributed by atoms with Crippen LogP contribution in [-0.4, -0.2) is 47.5 Å². The van der Waals surface area contributed by atoms with Crippen LogP contribution in [0.1, 0.15) is 5.56 Å². The highest BCUT2D eigenvalue weighted by Crippen LogP contribution is 2.16. The lowest BCUT2D eigenvalue weighted by molar-refractivity contribution is 0.103. The maximum absolute atomic E-state index is 9.65. The SMILES string of the molecule is OC[C@@H]1CN(CCc2ccccc2)C[C@@H]1O. The summed E-state index contributed by atoms with van der Waals surface area (Å²) < 4.78 is 0. The first kappa shape index (κ1) is 11.6. The minimum absolute atomic E-state index is 0.0378. The van der Waals surface area contributed by atoms with Crippen LogP contribution in [-0.2, 0) is 6.42 Å². The van der Waals surface area contributed by atoms with Gasteiger partial charge in [-0.25, -0.2) is 0 Å². The van der Waals surface area contributed by atoms with Gasteiger partial charge >= 0.3 is 0 Å². The zero-order valence-corrected chi connectivity index (χ0v) is 9.42. The fourth-order valence-electron chi connectivity index (χ4n) is 2.24. The summed E-state index contributed by atoms with van der Waals surface area (Å²) >= 11 is 0. The van der Waals surface area contributed by atoms with Crippen LogP contribution in [0.25, 0.3) is 0 Å². The zero-order chi connectivity index (χ0) is 11.4. The summed E-state index contributed by atoms with van der Waals surface area (Å²) in [6.45, 7) is 2.54. The third-order valence-electron chi connectivity index (χ3n) is 3.28. The smallest absolute Gasteiger partial charge is 0.0729 e. The largest absolute Gasteiger partial charge is 0.396 e. The van der Waals surface area contributed by atoms with E-state index < -0.39 is 0 Å². The molecule has 0 radical (unpaired) electrons. The van der Waals surface area contributed by atoms with Crippen molar-refractivity contribution in [1.29, 1.82) is 0 Å². The lowest BCUT2D eigenvalue weighted by atomic mass is 10.1. The summed E-state index contributed by atoms with van der Waals surface area (Å²) in [7, 11) is 0. The van der Waals surface area contributed by atoms with E-state index in [1.165, 1.54) is 5.56 Å². The van der Waals surface area contributed by atoms with E-state index in [1.54, 1.807) is 0 Å². The summed E-state index contributed by atoms with van der Waals surface area (Å²) in [5.74, 6) is 0.0378. The minimum atomic E-state index is -0.360. The van der Waals surface area contributed by atoms with Crippen LogP contribution >= 0.6 is 0 Å². The highest BCUT2D eigenvalue weighted by molar-refractivity contribution is 5.14. The second-order valence-corrected chi connectivity index (χ2v) is 4.51. The lowest BCUT2D eigenvalue weighted by Crippen LogP contribution is -2.24. The van der Waals surface area contributed by atoms with Crippen LogP contribution in [0.2, 0.25) is 0 Å². The number of nitrogens with zero attached hydrogens (tertiary/aromatic N) is 1. The number of rotatable bonds is 4. The van der Waals surface area contributed by atoms with Gasteiger partial charge in [0.25, 0.3) is 0 Å². The Morgan fingerprint density at radius 2 is 1.94 bits per heavy atom. The molecule has 16 heavy (non-hydrogen) atoms. The topological polar surface area (TPSA) is 43.7 Å². The summed E-state index contributed by atoms with van der Waals surface area (Å²) in [6.07, 6.45) is 0.645. The molecule has 1 aromatic rings. The van der Waals surface area contributed by atoms with Crippen LogP contribution in [0.4, 0.5) is 0 Å². The molecule has 2 atom stereocenters. The van der Waals surface area contributed by atoms with Crippen molar-refractivity contribution >= 4 is 0 Å². The van der Waals surface area contributed by atoms with E-state index in [1.807, 2.05) is 18.2 Å². The Labute approximate surface area is 96.3 Å². The van der Waals surface area contributed by atoms with E-state index >= 15 is 0 Å². The first-order valence-corrected chi connectivity index (χ1v) is 5.85. The second kappa shape index (κ2) is 5.43. The van der Waals surface area contributed by atoms with Crippen molar-refractivity contribution < 1.29 is 10.2 Å². The maximum Gasteiger partial charge on any atom is 0.0729 e. The van der Waals surface area contributed by atoms with E-state index in [4.69, 9.17) is 5.11 Å². The Bertz CT molecular complexity index is 315. The van der Waals surface area contributed by atoms with Gasteiger partial charge in [0.05, 0.1) is 6.10 Å². The molecule has 3 nitrogen and oxygen atoms in total. The van der Waals surface area contributed by atoms with Gasteiger partial charge in [0, 0.05) is 32.2 Å². The molecule has 88 valence electrons. The van der Waals surface area contributed by atoms with Crippen molar-refractivity contribution in [3.63, 3.8) is 0 Å². The van der Waals surface area contributed by atoms with Crippen molar-refractivity contribution in [2.45, 2.75) is 12.5 Å². The van der Waals surface area contributed by atoms with Crippen LogP contribution in [0.15, 0.2) is 30.3 Å². The molecule has 2 N–H and O–H groups in total. The molecule has 1 aliphatic rings. The molecule has 0 saturated carbocycles. The van der Waals surface area contributed by atoms with Crippen molar-refractivity contribution in [2.24, 2.45) is 5.92 Å². The number of hydrogen-bond donors (Lipinski definition) is 2. The molecular weight excluding hydrogens is 202 g/mol. The number of β-amino-alcohol motifs (C(OH)–C–C–N with tert-alkyl or cyclic N) is 1. The van der Waals surface area contributed by atoms with Gasteiger partial charge in [0.2, 0.25) is 0 Å².